The molecule has 0 amide bonds. The van der Waals surface area contributed by atoms with Gasteiger partial charge >= 0.3 is 0 Å². The first-order chi connectivity index (χ1) is 14.1. The van der Waals surface area contributed by atoms with Gasteiger partial charge in [-0.2, -0.15) is 0 Å². The lowest BCUT2D eigenvalue weighted by atomic mass is 9.78. The average molecular weight is 401 g/mol. The Hall–Kier alpha value is -1.75. The van der Waals surface area contributed by atoms with E-state index in [-0.39, 0.29) is 5.41 Å². The van der Waals surface area contributed by atoms with Gasteiger partial charge in [0.25, 0.3) is 0 Å². The number of benzene rings is 1. The van der Waals surface area contributed by atoms with Crippen LogP contribution in [0.2, 0.25) is 0 Å². The molecule has 1 N–H and O–H groups in total. The number of nitrogens with one attached hydrogen (secondary N) is 1. The minimum absolute atomic E-state index is 0.185. The van der Waals surface area contributed by atoms with E-state index in [1.807, 2.05) is 13.1 Å². The molecule has 5 heteroatoms. The fourth-order valence-electron chi connectivity index (χ4n) is 5.17. The molecule has 1 aliphatic carbocycles. The number of nitrogens with zero attached hydrogens (tertiary/aromatic N) is 3. The molecule has 0 aromatic heterocycles. The Kier molecular flexibility index (Phi) is 7.82. The molecule has 1 aromatic carbocycles. The molecule has 162 valence electrons. The van der Waals surface area contributed by atoms with E-state index < -0.39 is 0 Å². The molecule has 1 saturated heterocycles. The summed E-state index contributed by atoms with van der Waals surface area (Å²) in [6, 6.07) is 8.67. The van der Waals surface area contributed by atoms with Crippen LogP contribution in [0.3, 0.4) is 0 Å². The maximum Gasteiger partial charge on any atom is 0.193 e. The summed E-state index contributed by atoms with van der Waals surface area (Å²) < 4.78 is 5.49. The number of likely N-dealkylation sites (tertiary alicyclic amines) is 1. The van der Waals surface area contributed by atoms with Gasteiger partial charge in [0.05, 0.1) is 7.11 Å². The molecule has 2 aliphatic rings. The number of aliphatic imine (C=N–C) groups is 1. The predicted octanol–water partition coefficient (Wildman–Crippen LogP) is 3.75. The van der Waals surface area contributed by atoms with E-state index in [1.54, 1.807) is 7.11 Å². The van der Waals surface area contributed by atoms with Crippen molar-refractivity contribution >= 4 is 5.96 Å². The molecule has 0 spiro atoms. The second-order valence-corrected chi connectivity index (χ2v) is 8.71. The van der Waals surface area contributed by atoms with Crippen LogP contribution in [0.4, 0.5) is 0 Å². The highest BCUT2D eigenvalue weighted by atomic mass is 16.5. The first-order valence-corrected chi connectivity index (χ1v) is 11.5. The van der Waals surface area contributed by atoms with E-state index in [4.69, 9.17) is 4.74 Å². The highest BCUT2D eigenvalue weighted by Crippen LogP contribution is 2.41. The van der Waals surface area contributed by atoms with E-state index in [0.717, 1.165) is 50.4 Å². The Morgan fingerprint density at radius 1 is 1.28 bits per heavy atom. The monoisotopic (exact) mass is 400 g/mol. The average Bonchev–Trinajstić information content (AvgIpc) is 3.43. The lowest BCUT2D eigenvalue weighted by molar-refractivity contribution is 0.255. The fraction of sp³-hybridized carbons (Fsp3) is 0.708. The molecule has 1 aliphatic heterocycles. The van der Waals surface area contributed by atoms with Gasteiger partial charge in [0.2, 0.25) is 0 Å². The Labute approximate surface area is 177 Å². The van der Waals surface area contributed by atoms with E-state index in [2.05, 4.69) is 52.2 Å². The van der Waals surface area contributed by atoms with Gasteiger partial charge in [-0.3, -0.25) is 4.99 Å². The van der Waals surface area contributed by atoms with Crippen LogP contribution in [0.1, 0.15) is 51.5 Å². The van der Waals surface area contributed by atoms with E-state index in [9.17, 15) is 0 Å². The Bertz CT molecular complexity index is 665. The second kappa shape index (κ2) is 10.3. The lowest BCUT2D eigenvalue weighted by Gasteiger charge is -2.32. The van der Waals surface area contributed by atoms with Crippen LogP contribution < -0.4 is 10.1 Å². The van der Waals surface area contributed by atoms with Crippen LogP contribution in [0, 0.1) is 5.92 Å². The number of rotatable bonds is 8. The summed E-state index contributed by atoms with van der Waals surface area (Å²) in [4.78, 5) is 9.64. The topological polar surface area (TPSA) is 40.1 Å². The van der Waals surface area contributed by atoms with Crippen LogP contribution in [0.5, 0.6) is 5.75 Å². The van der Waals surface area contributed by atoms with Gasteiger partial charge < -0.3 is 19.9 Å². The summed E-state index contributed by atoms with van der Waals surface area (Å²) in [6.07, 6.45) is 6.32. The molecule has 0 bridgehead atoms. The van der Waals surface area contributed by atoms with Gasteiger partial charge in [0.15, 0.2) is 5.96 Å². The standard InChI is InChI=1S/C24H40N4O/c1-5-27(6-2)17-20-12-15-28(18-20)23(25-3)26-19-24(13-7-8-14-24)21-10-9-11-22(16-21)29-4/h9-11,16,20H,5-8,12-15,17-19H2,1-4H3,(H,25,26). The van der Waals surface area contributed by atoms with Crippen molar-refractivity contribution in [1.82, 2.24) is 15.1 Å². The Morgan fingerprint density at radius 3 is 2.69 bits per heavy atom. The molecule has 3 rings (SSSR count). The van der Waals surface area contributed by atoms with Crippen LogP contribution in [-0.2, 0) is 5.41 Å². The van der Waals surface area contributed by atoms with Crippen molar-refractivity contribution in [3.05, 3.63) is 29.8 Å². The van der Waals surface area contributed by atoms with Gasteiger partial charge in [-0.25, -0.2) is 0 Å². The molecule has 1 heterocycles. The van der Waals surface area contributed by atoms with Crippen molar-refractivity contribution in [1.29, 1.82) is 0 Å². The zero-order valence-electron chi connectivity index (χ0n) is 18.9. The minimum atomic E-state index is 0.185. The SMILES string of the molecule is CCN(CC)CC1CCN(C(=NC)NCC2(c3cccc(OC)c3)CCCC2)C1. The van der Waals surface area contributed by atoms with E-state index in [1.165, 1.54) is 44.2 Å². The van der Waals surface area contributed by atoms with Crippen molar-refractivity contribution in [3.63, 3.8) is 0 Å². The molecular formula is C24H40N4O. The third kappa shape index (κ3) is 5.25. The maximum atomic E-state index is 5.49. The summed E-state index contributed by atoms with van der Waals surface area (Å²) in [7, 11) is 3.68. The highest BCUT2D eigenvalue weighted by molar-refractivity contribution is 5.80. The van der Waals surface area contributed by atoms with Crippen molar-refractivity contribution in [2.75, 3.05) is 53.4 Å². The first-order valence-electron chi connectivity index (χ1n) is 11.5. The van der Waals surface area contributed by atoms with Gasteiger partial charge in [-0.15, -0.1) is 0 Å². The van der Waals surface area contributed by atoms with Crippen LogP contribution in [0.25, 0.3) is 0 Å². The molecule has 1 unspecified atom stereocenters. The summed E-state index contributed by atoms with van der Waals surface area (Å²) in [6.45, 7) is 11.2. The third-order valence-corrected chi connectivity index (χ3v) is 7.04. The number of methoxy groups -OCH3 is 1. The molecular weight excluding hydrogens is 360 g/mol. The summed E-state index contributed by atoms with van der Waals surface area (Å²) in [5.74, 6) is 2.77. The van der Waals surface area contributed by atoms with E-state index >= 15 is 0 Å². The first kappa shape index (κ1) is 21.9. The zero-order chi connectivity index (χ0) is 20.7. The fourth-order valence-corrected chi connectivity index (χ4v) is 5.17. The van der Waals surface area contributed by atoms with Gasteiger partial charge in [-0.05, 0) is 56.0 Å². The number of hydrogen-bond donors (Lipinski definition) is 1. The summed E-state index contributed by atoms with van der Waals surface area (Å²) in [5, 5.41) is 3.75. The minimum Gasteiger partial charge on any atom is -0.497 e. The Morgan fingerprint density at radius 2 is 2.03 bits per heavy atom. The summed E-state index contributed by atoms with van der Waals surface area (Å²) >= 11 is 0. The van der Waals surface area contributed by atoms with Crippen molar-refractivity contribution < 1.29 is 4.74 Å². The molecule has 1 aromatic rings. The molecule has 0 radical (unpaired) electrons. The highest BCUT2D eigenvalue weighted by Gasteiger charge is 2.36. The van der Waals surface area contributed by atoms with Gasteiger partial charge in [0.1, 0.15) is 5.75 Å². The third-order valence-electron chi connectivity index (χ3n) is 7.04. The van der Waals surface area contributed by atoms with Gasteiger partial charge in [-0.1, -0.05) is 38.8 Å². The van der Waals surface area contributed by atoms with Crippen LogP contribution >= 0.6 is 0 Å². The maximum absolute atomic E-state index is 5.49. The predicted molar refractivity (Wildman–Crippen MR) is 122 cm³/mol. The quantitative estimate of drug-likeness (QED) is 0.533. The number of guanidine groups is 1. The van der Waals surface area contributed by atoms with Crippen molar-refractivity contribution in [3.8, 4) is 5.75 Å². The Balaban J connectivity index is 1.63. The van der Waals surface area contributed by atoms with Crippen LogP contribution in [-0.4, -0.2) is 69.2 Å². The second-order valence-electron chi connectivity index (χ2n) is 8.71. The molecule has 1 atom stereocenters. The number of hydrogen-bond acceptors (Lipinski definition) is 3. The van der Waals surface area contributed by atoms with Crippen LogP contribution in [0.15, 0.2) is 29.3 Å². The van der Waals surface area contributed by atoms with Crippen molar-refractivity contribution in [2.45, 2.75) is 51.4 Å². The largest absolute Gasteiger partial charge is 0.497 e. The molecule has 5 nitrogen and oxygen atoms in total. The normalized spacial score (nSPS) is 21.8. The molecule has 1 saturated carbocycles. The molecule has 29 heavy (non-hydrogen) atoms. The summed E-state index contributed by atoms with van der Waals surface area (Å²) in [5.41, 5.74) is 1.59. The number of ether oxygens (including phenoxy) is 1. The smallest absolute Gasteiger partial charge is 0.193 e. The van der Waals surface area contributed by atoms with Gasteiger partial charge in [0, 0.05) is 38.6 Å². The lowest BCUT2D eigenvalue weighted by Crippen LogP contribution is -2.46. The van der Waals surface area contributed by atoms with E-state index in [0.29, 0.717) is 0 Å². The molecule has 2 fully saturated rings. The zero-order valence-corrected chi connectivity index (χ0v) is 18.9. The van der Waals surface area contributed by atoms with Crippen molar-refractivity contribution in [2.24, 2.45) is 10.9 Å².